The van der Waals surface area contributed by atoms with Crippen molar-refractivity contribution in [1.82, 2.24) is 14.5 Å². The van der Waals surface area contributed by atoms with Crippen molar-refractivity contribution in [3.63, 3.8) is 0 Å². The topological polar surface area (TPSA) is 55.2 Å². The van der Waals surface area contributed by atoms with Crippen LogP contribution in [0.4, 0.5) is 4.39 Å². The third-order valence-electron chi connectivity index (χ3n) is 6.82. The Morgan fingerprint density at radius 2 is 1.83 bits per heavy atom. The third kappa shape index (κ3) is 4.33. The first-order chi connectivity index (χ1) is 14.4. The summed E-state index contributed by atoms with van der Waals surface area (Å²) < 4.78 is 41.9. The molecule has 1 saturated heterocycles. The highest BCUT2D eigenvalue weighted by Crippen LogP contribution is 2.36. The molecule has 1 aromatic heterocycles. The summed E-state index contributed by atoms with van der Waals surface area (Å²) in [7, 11) is -3.57. The van der Waals surface area contributed by atoms with Gasteiger partial charge in [0.2, 0.25) is 15.0 Å². The van der Waals surface area contributed by atoms with Gasteiger partial charge in [0.1, 0.15) is 5.82 Å². The van der Waals surface area contributed by atoms with Crippen LogP contribution in [0.15, 0.2) is 35.6 Å². The molecule has 2 aromatic rings. The van der Waals surface area contributed by atoms with Crippen molar-refractivity contribution < 1.29 is 12.8 Å². The largest absolute Gasteiger partial charge is 0.313 e. The number of likely N-dealkylation sites (tertiary alicyclic amines) is 1. The van der Waals surface area contributed by atoms with E-state index in [0.717, 1.165) is 30.6 Å². The van der Waals surface area contributed by atoms with Crippen molar-refractivity contribution in [1.29, 1.82) is 0 Å². The van der Waals surface area contributed by atoms with Crippen molar-refractivity contribution in [2.24, 2.45) is 11.8 Å². The lowest BCUT2D eigenvalue weighted by molar-refractivity contribution is 0.0804. The first kappa shape index (κ1) is 21.5. The second-order valence-corrected chi connectivity index (χ2v) is 11.5. The van der Waals surface area contributed by atoms with E-state index >= 15 is 0 Å². The normalized spacial score (nSPS) is 22.9. The van der Waals surface area contributed by atoms with Gasteiger partial charge in [-0.3, -0.25) is 4.90 Å². The Balaban J connectivity index is 1.62. The average molecular weight is 434 g/mol. The Morgan fingerprint density at radius 3 is 2.57 bits per heavy atom. The van der Waals surface area contributed by atoms with Crippen LogP contribution < -0.4 is 0 Å². The molecule has 0 spiro atoms. The highest BCUT2D eigenvalue weighted by atomic mass is 32.2. The van der Waals surface area contributed by atoms with Gasteiger partial charge in [-0.2, -0.15) is 0 Å². The van der Waals surface area contributed by atoms with Crippen LogP contribution in [0.1, 0.15) is 57.2 Å². The molecule has 1 saturated carbocycles. The number of hydrogen-bond donors (Lipinski definition) is 0. The maximum absolute atomic E-state index is 14.4. The van der Waals surface area contributed by atoms with Crippen molar-refractivity contribution >= 4 is 9.84 Å². The molecule has 2 fully saturated rings. The van der Waals surface area contributed by atoms with E-state index in [0.29, 0.717) is 12.1 Å². The molecule has 164 valence electrons. The van der Waals surface area contributed by atoms with Gasteiger partial charge in [-0.25, -0.2) is 17.8 Å². The third-order valence-corrected chi connectivity index (χ3v) is 8.90. The van der Waals surface area contributed by atoms with Crippen molar-refractivity contribution in [2.75, 3.05) is 13.1 Å². The van der Waals surface area contributed by atoms with Gasteiger partial charge >= 0.3 is 0 Å². The molecule has 5 nitrogen and oxygen atoms in total. The van der Waals surface area contributed by atoms with Crippen LogP contribution in [-0.2, 0) is 22.9 Å². The second kappa shape index (κ2) is 8.79. The molecule has 0 amide bonds. The molecule has 2 aliphatic rings. The zero-order valence-electron chi connectivity index (χ0n) is 17.9. The molecule has 0 N–H and O–H groups in total. The molecule has 2 atom stereocenters. The van der Waals surface area contributed by atoms with Crippen LogP contribution in [0.3, 0.4) is 0 Å². The summed E-state index contributed by atoms with van der Waals surface area (Å²) in [4.78, 5) is 6.73. The smallest absolute Gasteiger partial charge is 0.228 e. The Labute approximate surface area is 179 Å². The molecule has 2 heterocycles. The first-order valence-corrected chi connectivity index (χ1v) is 12.6. The van der Waals surface area contributed by atoms with E-state index in [2.05, 4.69) is 9.88 Å². The van der Waals surface area contributed by atoms with Gasteiger partial charge in [-0.1, -0.05) is 37.5 Å². The molecule has 0 radical (unpaired) electrons. The van der Waals surface area contributed by atoms with E-state index < -0.39 is 15.1 Å². The number of benzene rings is 1. The van der Waals surface area contributed by atoms with Gasteiger partial charge in [-0.05, 0) is 51.1 Å². The minimum atomic E-state index is -3.57. The molecular weight excluding hydrogens is 401 g/mol. The highest BCUT2D eigenvalue weighted by Gasteiger charge is 2.32. The predicted molar refractivity (Wildman–Crippen MR) is 115 cm³/mol. The summed E-state index contributed by atoms with van der Waals surface area (Å²) in [6.45, 7) is 6.22. The summed E-state index contributed by atoms with van der Waals surface area (Å²) in [5.74, 6) is 1.26. The second-order valence-electron chi connectivity index (χ2n) is 9.13. The molecule has 30 heavy (non-hydrogen) atoms. The minimum absolute atomic E-state index is 0.0447. The van der Waals surface area contributed by atoms with Gasteiger partial charge in [0, 0.05) is 18.7 Å². The van der Waals surface area contributed by atoms with Crippen LogP contribution >= 0.6 is 0 Å². The van der Waals surface area contributed by atoms with Crippen LogP contribution in [-0.4, -0.2) is 41.2 Å². The average Bonchev–Trinajstić information content (AvgIpc) is 3.12. The van der Waals surface area contributed by atoms with Gasteiger partial charge in [0.05, 0.1) is 23.7 Å². The van der Waals surface area contributed by atoms with Crippen LogP contribution in [0.5, 0.6) is 0 Å². The quantitative estimate of drug-likeness (QED) is 0.683. The zero-order valence-corrected chi connectivity index (χ0v) is 18.7. The maximum Gasteiger partial charge on any atom is 0.228 e. The number of nitrogens with zero attached hydrogens (tertiary/aromatic N) is 3. The van der Waals surface area contributed by atoms with Crippen molar-refractivity contribution in [3.8, 4) is 0 Å². The fraction of sp³-hybridized carbons (Fsp3) is 0.609. The number of piperidine rings is 1. The van der Waals surface area contributed by atoms with E-state index in [-0.39, 0.29) is 17.5 Å². The molecule has 1 aromatic carbocycles. The number of imidazole rings is 1. The fourth-order valence-electron chi connectivity index (χ4n) is 4.97. The predicted octanol–water partition coefficient (Wildman–Crippen LogP) is 4.26. The van der Waals surface area contributed by atoms with Gasteiger partial charge in [0.25, 0.3) is 0 Å². The zero-order chi connectivity index (χ0) is 21.3. The van der Waals surface area contributed by atoms with E-state index in [4.69, 9.17) is 0 Å². The number of hydrogen-bond acceptors (Lipinski definition) is 4. The van der Waals surface area contributed by atoms with Crippen LogP contribution in [0, 0.1) is 17.7 Å². The number of rotatable bonds is 6. The maximum atomic E-state index is 14.4. The van der Waals surface area contributed by atoms with Gasteiger partial charge in [-0.15, -0.1) is 0 Å². The fourth-order valence-corrected chi connectivity index (χ4v) is 6.08. The molecule has 0 unspecified atom stereocenters. The number of halogens is 1. The number of fused-ring (bicyclic) bond motifs is 1. The Morgan fingerprint density at radius 1 is 1.10 bits per heavy atom. The molecule has 0 bridgehead atoms. The van der Waals surface area contributed by atoms with Crippen molar-refractivity contribution in [2.45, 2.75) is 69.4 Å². The van der Waals surface area contributed by atoms with Crippen LogP contribution in [0.25, 0.3) is 0 Å². The molecule has 7 heteroatoms. The number of aromatic nitrogens is 2. The number of sulfone groups is 1. The van der Waals surface area contributed by atoms with E-state index in [9.17, 15) is 12.8 Å². The summed E-state index contributed by atoms with van der Waals surface area (Å²) in [5, 5.41) is -0.534. The summed E-state index contributed by atoms with van der Waals surface area (Å²) in [6, 6.07) is 6.54. The van der Waals surface area contributed by atoms with E-state index in [1.54, 1.807) is 42.8 Å². The minimum Gasteiger partial charge on any atom is -0.313 e. The molecular formula is C23H32FN3O2S. The van der Waals surface area contributed by atoms with Crippen LogP contribution in [0.2, 0.25) is 0 Å². The lowest BCUT2D eigenvalue weighted by atomic mass is 9.75. The van der Waals surface area contributed by atoms with Crippen molar-refractivity contribution in [3.05, 3.63) is 47.5 Å². The SMILES string of the molecule is CC(C)S(=O)(=O)c1ncc(CN2CC[C@@H]3CCCC[C@H]3C2)n1Cc1ccccc1F. The highest BCUT2D eigenvalue weighted by molar-refractivity contribution is 7.91. The lowest BCUT2D eigenvalue weighted by Crippen LogP contribution is -2.41. The van der Waals surface area contributed by atoms with E-state index in [1.807, 2.05) is 0 Å². The van der Waals surface area contributed by atoms with Gasteiger partial charge in [0.15, 0.2) is 0 Å². The monoisotopic (exact) mass is 433 g/mol. The Hall–Kier alpha value is -1.73. The Kier molecular flexibility index (Phi) is 6.30. The summed E-state index contributed by atoms with van der Waals surface area (Å²) >= 11 is 0. The molecule has 1 aliphatic carbocycles. The lowest BCUT2D eigenvalue weighted by Gasteiger charge is -2.41. The first-order valence-electron chi connectivity index (χ1n) is 11.1. The summed E-state index contributed by atoms with van der Waals surface area (Å²) in [6.07, 6.45) is 8.19. The van der Waals surface area contributed by atoms with E-state index in [1.165, 1.54) is 38.2 Å². The molecule has 4 rings (SSSR count). The van der Waals surface area contributed by atoms with Gasteiger partial charge < -0.3 is 4.57 Å². The molecule has 1 aliphatic heterocycles. The Bertz CT molecular complexity index is 986. The standard InChI is InChI=1S/C23H32FN3O2S/c1-17(2)30(28,29)23-25-13-21(27(23)15-20-9-5-6-10-22(20)24)16-26-12-11-18-7-3-4-8-19(18)14-26/h5-6,9-10,13,17-19H,3-4,7-8,11-12,14-16H2,1-2H3/t18-,19-/m0/s1. The summed E-state index contributed by atoms with van der Waals surface area (Å²) in [5.41, 5.74) is 1.31.